The lowest BCUT2D eigenvalue weighted by Crippen LogP contribution is -2.40. The summed E-state index contributed by atoms with van der Waals surface area (Å²) in [6.45, 7) is 1.32. The first-order valence-electron chi connectivity index (χ1n) is 6.31. The summed E-state index contributed by atoms with van der Waals surface area (Å²) in [4.78, 5) is 14.3. The Balaban J connectivity index is 2.26. The summed E-state index contributed by atoms with van der Waals surface area (Å²) < 4.78 is 10.4. The quantitative estimate of drug-likeness (QED) is 0.800. The molecule has 1 atom stereocenters. The van der Waals surface area contributed by atoms with E-state index in [4.69, 9.17) is 21.1 Å². The van der Waals surface area contributed by atoms with Crippen molar-refractivity contribution in [2.75, 3.05) is 27.3 Å². The minimum absolute atomic E-state index is 0.0364. The van der Waals surface area contributed by atoms with Crippen molar-refractivity contribution in [3.05, 3.63) is 23.8 Å². The Morgan fingerprint density at radius 2 is 2.16 bits per heavy atom. The molecule has 1 unspecified atom stereocenters. The molecule has 2 rings (SSSR count). The largest absolute Gasteiger partial charge is 0.497 e. The number of rotatable bonds is 3. The van der Waals surface area contributed by atoms with Crippen LogP contribution in [0.25, 0.3) is 0 Å². The third-order valence-electron chi connectivity index (χ3n) is 3.29. The van der Waals surface area contributed by atoms with E-state index in [1.54, 1.807) is 37.3 Å². The van der Waals surface area contributed by atoms with E-state index in [1.807, 2.05) is 0 Å². The smallest absolute Gasteiger partial charge is 0.257 e. The van der Waals surface area contributed by atoms with E-state index in [9.17, 15) is 4.79 Å². The van der Waals surface area contributed by atoms with Gasteiger partial charge in [0.2, 0.25) is 0 Å². The number of hydrogen-bond donors (Lipinski definition) is 0. The van der Waals surface area contributed by atoms with Crippen LogP contribution in [0, 0.1) is 0 Å². The highest BCUT2D eigenvalue weighted by Crippen LogP contribution is 2.27. The van der Waals surface area contributed by atoms with Gasteiger partial charge in [-0.3, -0.25) is 4.79 Å². The molecule has 0 saturated carbocycles. The summed E-state index contributed by atoms with van der Waals surface area (Å²) in [7, 11) is 3.13. The van der Waals surface area contributed by atoms with Crippen LogP contribution in [-0.4, -0.2) is 43.5 Å². The molecule has 0 radical (unpaired) electrons. The van der Waals surface area contributed by atoms with Crippen LogP contribution in [0.3, 0.4) is 0 Å². The van der Waals surface area contributed by atoms with Crippen molar-refractivity contribution in [3.8, 4) is 11.5 Å². The zero-order valence-corrected chi connectivity index (χ0v) is 11.9. The Kier molecular flexibility index (Phi) is 4.53. The molecule has 1 aliphatic rings. The molecule has 5 heteroatoms. The lowest BCUT2D eigenvalue weighted by atomic mass is 10.1. The lowest BCUT2D eigenvalue weighted by Gasteiger charge is -2.30. The van der Waals surface area contributed by atoms with Crippen LogP contribution in [0.5, 0.6) is 11.5 Å². The van der Waals surface area contributed by atoms with E-state index < -0.39 is 0 Å². The minimum Gasteiger partial charge on any atom is -0.497 e. The van der Waals surface area contributed by atoms with Crippen molar-refractivity contribution < 1.29 is 14.3 Å². The molecular formula is C14H18ClNO3. The highest BCUT2D eigenvalue weighted by molar-refractivity contribution is 6.21. The number of halogens is 1. The van der Waals surface area contributed by atoms with Crippen molar-refractivity contribution in [1.29, 1.82) is 0 Å². The number of likely N-dealkylation sites (tertiary alicyclic amines) is 1. The number of nitrogens with zero attached hydrogens (tertiary/aromatic N) is 1. The Labute approximate surface area is 118 Å². The number of hydrogen-bond acceptors (Lipinski definition) is 3. The Hall–Kier alpha value is -1.42. The highest BCUT2D eigenvalue weighted by atomic mass is 35.5. The van der Waals surface area contributed by atoms with Crippen LogP contribution in [0.15, 0.2) is 18.2 Å². The average molecular weight is 284 g/mol. The topological polar surface area (TPSA) is 38.8 Å². The minimum atomic E-state index is -0.0545. The molecule has 1 heterocycles. The van der Waals surface area contributed by atoms with E-state index in [2.05, 4.69) is 0 Å². The summed E-state index contributed by atoms with van der Waals surface area (Å²) >= 11 is 6.13. The van der Waals surface area contributed by atoms with Gasteiger partial charge < -0.3 is 14.4 Å². The predicted octanol–water partition coefficient (Wildman–Crippen LogP) is 2.55. The summed E-state index contributed by atoms with van der Waals surface area (Å²) in [6.07, 6.45) is 1.90. The maximum atomic E-state index is 12.5. The van der Waals surface area contributed by atoms with Crippen LogP contribution < -0.4 is 9.47 Å². The van der Waals surface area contributed by atoms with E-state index in [-0.39, 0.29) is 11.3 Å². The summed E-state index contributed by atoms with van der Waals surface area (Å²) in [6, 6.07) is 5.23. The van der Waals surface area contributed by atoms with Gasteiger partial charge in [0.1, 0.15) is 11.5 Å². The van der Waals surface area contributed by atoms with Gasteiger partial charge in [0, 0.05) is 13.1 Å². The molecule has 1 saturated heterocycles. The first kappa shape index (κ1) is 14.0. The Morgan fingerprint density at radius 1 is 1.37 bits per heavy atom. The molecule has 4 nitrogen and oxygen atoms in total. The van der Waals surface area contributed by atoms with E-state index in [1.165, 1.54) is 0 Å². The third-order valence-corrected chi connectivity index (χ3v) is 3.64. The zero-order chi connectivity index (χ0) is 13.8. The molecule has 1 aromatic rings. The summed E-state index contributed by atoms with van der Waals surface area (Å²) in [5, 5.41) is 0.0364. The number of methoxy groups -OCH3 is 2. The van der Waals surface area contributed by atoms with Gasteiger partial charge in [-0.05, 0) is 31.0 Å². The van der Waals surface area contributed by atoms with Crippen molar-refractivity contribution in [3.63, 3.8) is 0 Å². The average Bonchev–Trinajstić information content (AvgIpc) is 2.45. The van der Waals surface area contributed by atoms with Gasteiger partial charge in [0.15, 0.2) is 0 Å². The van der Waals surface area contributed by atoms with Crippen molar-refractivity contribution in [1.82, 2.24) is 4.90 Å². The number of alkyl halides is 1. The lowest BCUT2D eigenvalue weighted by molar-refractivity contribution is 0.0723. The van der Waals surface area contributed by atoms with Crippen molar-refractivity contribution in [2.24, 2.45) is 0 Å². The summed E-state index contributed by atoms with van der Waals surface area (Å²) in [5.74, 6) is 1.15. The van der Waals surface area contributed by atoms with Crippen molar-refractivity contribution >= 4 is 17.5 Å². The van der Waals surface area contributed by atoms with E-state index in [0.29, 0.717) is 23.6 Å². The molecule has 1 amide bonds. The van der Waals surface area contributed by atoms with Gasteiger partial charge in [0.25, 0.3) is 5.91 Å². The fraction of sp³-hybridized carbons (Fsp3) is 0.500. The normalized spacial score (nSPS) is 19.1. The maximum absolute atomic E-state index is 12.5. The number of benzene rings is 1. The van der Waals surface area contributed by atoms with E-state index >= 15 is 0 Å². The van der Waals surface area contributed by atoms with Crippen LogP contribution >= 0.6 is 11.6 Å². The molecule has 19 heavy (non-hydrogen) atoms. The molecule has 104 valence electrons. The first-order chi connectivity index (χ1) is 9.15. The van der Waals surface area contributed by atoms with Crippen LogP contribution in [0.1, 0.15) is 23.2 Å². The number of ether oxygens (including phenoxy) is 2. The number of carbonyl (C=O) groups is 1. The molecule has 0 N–H and O–H groups in total. The maximum Gasteiger partial charge on any atom is 0.257 e. The third kappa shape index (κ3) is 3.13. The van der Waals surface area contributed by atoms with Gasteiger partial charge in [-0.2, -0.15) is 0 Å². The van der Waals surface area contributed by atoms with Crippen LogP contribution in [0.2, 0.25) is 0 Å². The second kappa shape index (κ2) is 6.15. The fourth-order valence-electron chi connectivity index (χ4n) is 2.26. The summed E-state index contributed by atoms with van der Waals surface area (Å²) in [5.41, 5.74) is 0.521. The Morgan fingerprint density at radius 3 is 2.79 bits per heavy atom. The standard InChI is InChI=1S/C14H18ClNO3/c1-18-11-5-6-13(19-2)12(8-11)14(17)16-7-3-4-10(15)9-16/h5-6,8,10H,3-4,7,9H2,1-2H3. The second-order valence-electron chi connectivity index (χ2n) is 4.56. The monoisotopic (exact) mass is 283 g/mol. The van der Waals surface area contributed by atoms with Gasteiger partial charge in [-0.25, -0.2) is 0 Å². The van der Waals surface area contributed by atoms with Crippen LogP contribution in [-0.2, 0) is 0 Å². The van der Waals surface area contributed by atoms with Gasteiger partial charge in [-0.15, -0.1) is 11.6 Å². The molecule has 0 aliphatic carbocycles. The zero-order valence-electron chi connectivity index (χ0n) is 11.2. The molecule has 0 bridgehead atoms. The second-order valence-corrected chi connectivity index (χ2v) is 5.17. The predicted molar refractivity (Wildman–Crippen MR) is 74.3 cm³/mol. The number of amides is 1. The van der Waals surface area contributed by atoms with Gasteiger partial charge >= 0.3 is 0 Å². The molecule has 1 aliphatic heterocycles. The molecule has 0 spiro atoms. The molecular weight excluding hydrogens is 266 g/mol. The molecule has 0 aromatic heterocycles. The highest BCUT2D eigenvalue weighted by Gasteiger charge is 2.25. The van der Waals surface area contributed by atoms with Gasteiger partial charge in [-0.1, -0.05) is 0 Å². The molecule has 1 aromatic carbocycles. The van der Waals surface area contributed by atoms with Crippen LogP contribution in [0.4, 0.5) is 0 Å². The number of carbonyl (C=O) groups excluding carboxylic acids is 1. The first-order valence-corrected chi connectivity index (χ1v) is 6.74. The number of piperidine rings is 1. The van der Waals surface area contributed by atoms with E-state index in [0.717, 1.165) is 19.4 Å². The van der Waals surface area contributed by atoms with Crippen molar-refractivity contribution in [2.45, 2.75) is 18.2 Å². The Bertz CT molecular complexity index is 464. The fourth-order valence-corrected chi connectivity index (χ4v) is 2.58. The van der Waals surface area contributed by atoms with Gasteiger partial charge in [0.05, 0.1) is 25.2 Å². The molecule has 1 fully saturated rings. The SMILES string of the molecule is COc1ccc(OC)c(C(=O)N2CCCC(Cl)C2)c1.